The molecule has 1 heterocycles. The van der Waals surface area contributed by atoms with Gasteiger partial charge in [0, 0.05) is 12.7 Å². The van der Waals surface area contributed by atoms with E-state index in [0.29, 0.717) is 6.61 Å². The molecule has 102 valence electrons. The molecule has 0 aliphatic carbocycles. The van der Waals surface area contributed by atoms with E-state index in [9.17, 15) is 5.11 Å². The Hall–Kier alpha value is -1.23. The van der Waals surface area contributed by atoms with Gasteiger partial charge in [-0.3, -0.25) is 0 Å². The lowest BCUT2D eigenvalue weighted by molar-refractivity contribution is 0.0782. The molecule has 19 heavy (non-hydrogen) atoms. The third-order valence-electron chi connectivity index (χ3n) is 2.83. The van der Waals surface area contributed by atoms with Crippen LogP contribution in [0.15, 0.2) is 24.3 Å². The third-order valence-corrected chi connectivity index (χ3v) is 4.29. The second kappa shape index (κ2) is 5.41. The largest absolute Gasteiger partial charge is 0.385 e. The Balaban J connectivity index is 2.45. The van der Waals surface area contributed by atoms with Crippen molar-refractivity contribution in [1.29, 1.82) is 0 Å². The normalized spacial score (nSPS) is 11.8. The van der Waals surface area contributed by atoms with Crippen molar-refractivity contribution < 1.29 is 9.84 Å². The van der Waals surface area contributed by atoms with Crippen LogP contribution >= 0.6 is 11.3 Å². The van der Waals surface area contributed by atoms with Crippen molar-refractivity contribution in [3.05, 3.63) is 40.4 Å². The fraction of sp³-hybridized carbons (Fsp3) is 0.400. The third kappa shape index (κ3) is 3.21. The maximum atomic E-state index is 10.2. The van der Waals surface area contributed by atoms with E-state index in [1.807, 2.05) is 0 Å². The fourth-order valence-electron chi connectivity index (χ4n) is 1.88. The highest BCUT2D eigenvalue weighted by atomic mass is 32.1. The lowest BCUT2D eigenvalue weighted by atomic mass is 10.1. The zero-order valence-corrected chi connectivity index (χ0v) is 12.5. The summed E-state index contributed by atoms with van der Waals surface area (Å²) in [6, 6.07) is 8.24. The second-order valence-corrected chi connectivity index (χ2v) is 6.15. The number of methoxy groups -OCH3 is 1. The molecule has 1 aromatic carbocycles. The van der Waals surface area contributed by atoms with Crippen molar-refractivity contribution in [2.45, 2.75) is 33.0 Å². The molecule has 0 atom stereocenters. The van der Waals surface area contributed by atoms with Crippen molar-refractivity contribution in [2.24, 2.45) is 0 Å². The Morgan fingerprint density at radius 3 is 2.42 bits per heavy atom. The summed E-state index contributed by atoms with van der Waals surface area (Å²) < 4.78 is 5.17. The van der Waals surface area contributed by atoms with Crippen LogP contribution in [-0.4, -0.2) is 17.2 Å². The molecule has 0 aliphatic heterocycles. The molecule has 1 N–H and O–H groups in total. The van der Waals surface area contributed by atoms with Crippen LogP contribution in [0.2, 0.25) is 0 Å². The second-order valence-electron chi connectivity index (χ2n) is 5.15. The summed E-state index contributed by atoms with van der Waals surface area (Å²) in [5.74, 6) is 0. The van der Waals surface area contributed by atoms with Gasteiger partial charge in [-0.15, -0.1) is 11.3 Å². The molecule has 0 saturated carbocycles. The highest BCUT2D eigenvalue weighted by molar-refractivity contribution is 7.15. The number of rotatable bonds is 4. The van der Waals surface area contributed by atoms with Crippen LogP contribution in [0.1, 0.15) is 30.0 Å². The molecule has 0 bridgehead atoms. The van der Waals surface area contributed by atoms with E-state index in [1.54, 1.807) is 21.0 Å². The average Bonchev–Trinajstić information content (AvgIpc) is 2.74. The summed E-state index contributed by atoms with van der Waals surface area (Å²) in [6.07, 6.45) is 0. The first kappa shape index (κ1) is 14.2. The first-order valence-electron chi connectivity index (χ1n) is 6.20. The molecule has 1 aromatic heterocycles. The lowest BCUT2D eigenvalue weighted by Crippen LogP contribution is -2.16. The number of aryl methyl sites for hydroxylation is 1. The molecule has 0 radical (unpaired) electrons. The zero-order valence-electron chi connectivity index (χ0n) is 11.7. The van der Waals surface area contributed by atoms with Crippen LogP contribution in [0.5, 0.6) is 0 Å². The summed E-state index contributed by atoms with van der Waals surface area (Å²) in [4.78, 5) is 5.47. The van der Waals surface area contributed by atoms with E-state index in [1.165, 1.54) is 16.9 Å². The first-order valence-corrected chi connectivity index (χ1v) is 7.02. The van der Waals surface area contributed by atoms with Gasteiger partial charge in [0.15, 0.2) is 0 Å². The van der Waals surface area contributed by atoms with Gasteiger partial charge in [0.25, 0.3) is 0 Å². The van der Waals surface area contributed by atoms with Crippen LogP contribution in [-0.2, 0) is 16.9 Å². The minimum Gasteiger partial charge on any atom is -0.385 e. The predicted molar refractivity (Wildman–Crippen MR) is 78.2 cm³/mol. The van der Waals surface area contributed by atoms with Crippen molar-refractivity contribution >= 4 is 11.3 Å². The number of aromatic nitrogens is 1. The van der Waals surface area contributed by atoms with E-state index in [2.05, 4.69) is 36.2 Å². The average molecular weight is 277 g/mol. The number of hydrogen-bond donors (Lipinski definition) is 1. The summed E-state index contributed by atoms with van der Waals surface area (Å²) >= 11 is 1.52. The lowest BCUT2D eigenvalue weighted by Gasteiger charge is -2.16. The smallest absolute Gasteiger partial charge is 0.124 e. The number of benzene rings is 1. The zero-order chi connectivity index (χ0) is 14.0. The number of ether oxygens (including phenoxy) is 1. The predicted octanol–water partition coefficient (Wildman–Crippen LogP) is 3.49. The van der Waals surface area contributed by atoms with Gasteiger partial charge in [-0.05, 0) is 20.8 Å². The molecule has 0 saturated heterocycles. The van der Waals surface area contributed by atoms with Crippen LogP contribution in [0.25, 0.3) is 10.6 Å². The minimum absolute atomic E-state index is 0.418. The Morgan fingerprint density at radius 2 is 1.89 bits per heavy atom. The van der Waals surface area contributed by atoms with Crippen molar-refractivity contribution in [3.63, 3.8) is 0 Å². The van der Waals surface area contributed by atoms with Gasteiger partial charge in [-0.1, -0.05) is 29.8 Å². The Morgan fingerprint density at radius 1 is 1.26 bits per heavy atom. The van der Waals surface area contributed by atoms with E-state index in [-0.39, 0.29) is 0 Å². The van der Waals surface area contributed by atoms with Crippen LogP contribution < -0.4 is 0 Å². The van der Waals surface area contributed by atoms with Crippen LogP contribution in [0, 0.1) is 6.92 Å². The van der Waals surface area contributed by atoms with E-state index in [0.717, 1.165) is 21.1 Å². The minimum atomic E-state index is -0.894. The van der Waals surface area contributed by atoms with Gasteiger partial charge >= 0.3 is 0 Å². The molecule has 0 fully saturated rings. The monoisotopic (exact) mass is 277 g/mol. The van der Waals surface area contributed by atoms with E-state index in [4.69, 9.17) is 4.74 Å². The number of nitrogens with zero attached hydrogens (tertiary/aromatic N) is 1. The highest BCUT2D eigenvalue weighted by Gasteiger charge is 2.25. The van der Waals surface area contributed by atoms with Crippen molar-refractivity contribution in [1.82, 2.24) is 4.98 Å². The molecular formula is C15H19NO2S. The summed E-state index contributed by atoms with van der Waals surface area (Å²) in [6.45, 7) is 6.03. The maximum absolute atomic E-state index is 10.2. The molecule has 0 unspecified atom stereocenters. The molecule has 2 rings (SSSR count). The molecule has 0 aliphatic rings. The summed E-state index contributed by atoms with van der Waals surface area (Å²) in [5.41, 5.74) is 2.22. The van der Waals surface area contributed by atoms with Gasteiger partial charge in [-0.25, -0.2) is 4.98 Å². The Labute approximate surface area is 117 Å². The number of hydrogen-bond acceptors (Lipinski definition) is 4. The number of aliphatic hydroxyl groups is 1. The Bertz CT molecular complexity index is 553. The molecule has 2 aromatic rings. The quantitative estimate of drug-likeness (QED) is 0.930. The highest BCUT2D eigenvalue weighted by Crippen LogP contribution is 2.35. The molecule has 4 heteroatoms. The molecular weight excluding hydrogens is 258 g/mol. The molecule has 3 nitrogen and oxygen atoms in total. The Kier molecular flexibility index (Phi) is 4.04. The topological polar surface area (TPSA) is 42.4 Å². The van der Waals surface area contributed by atoms with Gasteiger partial charge in [0.05, 0.1) is 22.8 Å². The van der Waals surface area contributed by atoms with E-state index >= 15 is 0 Å². The van der Waals surface area contributed by atoms with Gasteiger partial charge in [0.2, 0.25) is 0 Å². The van der Waals surface area contributed by atoms with E-state index < -0.39 is 5.60 Å². The van der Waals surface area contributed by atoms with Crippen LogP contribution in [0.3, 0.4) is 0 Å². The van der Waals surface area contributed by atoms with Gasteiger partial charge in [-0.2, -0.15) is 0 Å². The van der Waals surface area contributed by atoms with Crippen molar-refractivity contribution in [3.8, 4) is 10.6 Å². The molecule has 0 amide bonds. The molecule has 0 spiro atoms. The fourth-order valence-corrected chi connectivity index (χ4v) is 2.96. The van der Waals surface area contributed by atoms with Gasteiger partial charge in [0.1, 0.15) is 5.01 Å². The van der Waals surface area contributed by atoms with Crippen molar-refractivity contribution in [2.75, 3.05) is 7.11 Å². The SMILES string of the molecule is COCc1nc(-c2ccc(C)cc2)sc1C(C)(C)O. The number of thiazole rings is 1. The van der Waals surface area contributed by atoms with Gasteiger partial charge < -0.3 is 9.84 Å². The summed E-state index contributed by atoms with van der Waals surface area (Å²) in [7, 11) is 1.64. The summed E-state index contributed by atoms with van der Waals surface area (Å²) in [5, 5.41) is 11.1. The first-order chi connectivity index (χ1) is 8.91. The maximum Gasteiger partial charge on any atom is 0.124 e. The van der Waals surface area contributed by atoms with Crippen LogP contribution in [0.4, 0.5) is 0 Å². The standard InChI is InChI=1S/C15H19NO2S/c1-10-5-7-11(8-6-10)14-16-12(9-18-4)13(19-14)15(2,3)17/h5-8,17H,9H2,1-4H3.